The normalized spacial score (nSPS) is 27.2. The standard InChI is InChI=1S/C8H16N2/c1-3-10-6-4-5-8(7-10)9-2/h4-5,8-9H,3,6-7H2,1-2H3. The highest BCUT2D eigenvalue weighted by molar-refractivity contribution is 5.00. The fourth-order valence-electron chi connectivity index (χ4n) is 1.23. The second-order valence-electron chi connectivity index (χ2n) is 2.68. The molecule has 1 rings (SSSR count). The van der Waals surface area contributed by atoms with Gasteiger partial charge in [-0.2, -0.15) is 0 Å². The third-order valence-electron chi connectivity index (χ3n) is 2.00. The number of hydrogen-bond acceptors (Lipinski definition) is 2. The highest BCUT2D eigenvalue weighted by Gasteiger charge is 2.10. The molecule has 58 valence electrons. The Morgan fingerprint density at radius 3 is 3.10 bits per heavy atom. The Balaban J connectivity index is 2.38. The van der Waals surface area contributed by atoms with Crippen molar-refractivity contribution in [1.82, 2.24) is 10.2 Å². The van der Waals surface area contributed by atoms with Crippen LogP contribution in [-0.2, 0) is 0 Å². The molecule has 1 aliphatic heterocycles. The average Bonchev–Trinajstić information content (AvgIpc) is 2.05. The zero-order valence-electron chi connectivity index (χ0n) is 6.80. The van der Waals surface area contributed by atoms with Crippen LogP contribution in [0.5, 0.6) is 0 Å². The van der Waals surface area contributed by atoms with Crippen LogP contribution in [0.15, 0.2) is 12.2 Å². The van der Waals surface area contributed by atoms with Gasteiger partial charge in [0.1, 0.15) is 0 Å². The van der Waals surface area contributed by atoms with Gasteiger partial charge in [-0.25, -0.2) is 0 Å². The van der Waals surface area contributed by atoms with Crippen LogP contribution in [0.4, 0.5) is 0 Å². The van der Waals surface area contributed by atoms with Crippen molar-refractivity contribution < 1.29 is 0 Å². The Hall–Kier alpha value is -0.340. The molecule has 1 N–H and O–H groups in total. The van der Waals surface area contributed by atoms with Gasteiger partial charge < -0.3 is 5.32 Å². The van der Waals surface area contributed by atoms with E-state index in [-0.39, 0.29) is 0 Å². The van der Waals surface area contributed by atoms with Crippen molar-refractivity contribution in [1.29, 1.82) is 0 Å². The molecule has 0 aliphatic carbocycles. The van der Waals surface area contributed by atoms with Crippen LogP contribution in [0, 0.1) is 0 Å². The monoisotopic (exact) mass is 140 g/mol. The van der Waals surface area contributed by atoms with Gasteiger partial charge in [0.05, 0.1) is 0 Å². The molecule has 0 aromatic rings. The fraction of sp³-hybridized carbons (Fsp3) is 0.750. The lowest BCUT2D eigenvalue weighted by Crippen LogP contribution is -2.41. The summed E-state index contributed by atoms with van der Waals surface area (Å²) >= 11 is 0. The van der Waals surface area contributed by atoms with Crippen molar-refractivity contribution in [2.45, 2.75) is 13.0 Å². The number of likely N-dealkylation sites (N-methyl/N-ethyl adjacent to an activating group) is 2. The fourth-order valence-corrected chi connectivity index (χ4v) is 1.23. The lowest BCUT2D eigenvalue weighted by Gasteiger charge is -2.26. The lowest BCUT2D eigenvalue weighted by molar-refractivity contribution is 0.287. The number of rotatable bonds is 2. The van der Waals surface area contributed by atoms with E-state index < -0.39 is 0 Å². The van der Waals surface area contributed by atoms with Gasteiger partial charge in [-0.3, -0.25) is 4.90 Å². The SMILES string of the molecule is CCN1CC=CC(NC)C1. The van der Waals surface area contributed by atoms with Gasteiger partial charge in [-0.15, -0.1) is 0 Å². The van der Waals surface area contributed by atoms with Crippen LogP contribution in [-0.4, -0.2) is 37.6 Å². The second-order valence-corrected chi connectivity index (χ2v) is 2.68. The molecule has 0 amide bonds. The van der Waals surface area contributed by atoms with Crippen LogP contribution in [0.1, 0.15) is 6.92 Å². The summed E-state index contributed by atoms with van der Waals surface area (Å²) in [7, 11) is 2.01. The molecule has 1 heterocycles. The Morgan fingerprint density at radius 2 is 2.50 bits per heavy atom. The average molecular weight is 140 g/mol. The van der Waals surface area contributed by atoms with E-state index in [1.165, 1.54) is 0 Å². The lowest BCUT2D eigenvalue weighted by atomic mass is 10.2. The maximum absolute atomic E-state index is 3.24. The highest BCUT2D eigenvalue weighted by Crippen LogP contribution is 2.00. The first kappa shape index (κ1) is 7.76. The maximum atomic E-state index is 3.24. The van der Waals surface area contributed by atoms with Gasteiger partial charge in [0.15, 0.2) is 0 Å². The zero-order chi connectivity index (χ0) is 7.40. The van der Waals surface area contributed by atoms with E-state index in [1.54, 1.807) is 0 Å². The largest absolute Gasteiger partial charge is 0.312 e. The Bertz CT molecular complexity index is 120. The van der Waals surface area contributed by atoms with Gasteiger partial charge in [0.2, 0.25) is 0 Å². The zero-order valence-corrected chi connectivity index (χ0v) is 6.80. The molecule has 1 unspecified atom stereocenters. The summed E-state index contributed by atoms with van der Waals surface area (Å²) in [4.78, 5) is 2.42. The predicted octanol–water partition coefficient (Wildman–Crippen LogP) is 0.466. The third-order valence-corrected chi connectivity index (χ3v) is 2.00. The molecular formula is C8H16N2. The molecule has 0 fully saturated rings. The molecule has 2 nitrogen and oxygen atoms in total. The second kappa shape index (κ2) is 3.74. The molecule has 0 radical (unpaired) electrons. The molecule has 10 heavy (non-hydrogen) atoms. The van der Waals surface area contributed by atoms with Gasteiger partial charge in [0.25, 0.3) is 0 Å². The van der Waals surface area contributed by atoms with Gasteiger partial charge in [-0.1, -0.05) is 19.1 Å². The molecule has 0 aromatic heterocycles. The smallest absolute Gasteiger partial charge is 0.0376 e. The van der Waals surface area contributed by atoms with E-state index in [0.717, 1.165) is 19.6 Å². The van der Waals surface area contributed by atoms with Crippen molar-refractivity contribution >= 4 is 0 Å². The molecule has 1 aliphatic rings. The Kier molecular flexibility index (Phi) is 2.90. The summed E-state index contributed by atoms with van der Waals surface area (Å²) in [6.07, 6.45) is 4.47. The minimum absolute atomic E-state index is 0.564. The van der Waals surface area contributed by atoms with Crippen molar-refractivity contribution in [2.75, 3.05) is 26.7 Å². The van der Waals surface area contributed by atoms with E-state index >= 15 is 0 Å². The minimum Gasteiger partial charge on any atom is -0.312 e. The van der Waals surface area contributed by atoms with E-state index in [1.807, 2.05) is 7.05 Å². The molecule has 2 heteroatoms. The summed E-state index contributed by atoms with van der Waals surface area (Å²) in [5.41, 5.74) is 0. The Labute approximate surface area is 62.9 Å². The highest BCUT2D eigenvalue weighted by atomic mass is 15.1. The molecule has 0 bridgehead atoms. The van der Waals surface area contributed by atoms with E-state index in [0.29, 0.717) is 6.04 Å². The summed E-state index contributed by atoms with van der Waals surface area (Å²) in [5, 5.41) is 3.24. The van der Waals surface area contributed by atoms with Crippen molar-refractivity contribution in [3.63, 3.8) is 0 Å². The molecule has 1 atom stereocenters. The first-order valence-corrected chi connectivity index (χ1v) is 3.93. The minimum atomic E-state index is 0.564. The summed E-state index contributed by atoms with van der Waals surface area (Å²) in [6, 6.07) is 0.564. The van der Waals surface area contributed by atoms with Crippen LogP contribution in [0.25, 0.3) is 0 Å². The van der Waals surface area contributed by atoms with Crippen molar-refractivity contribution in [3.05, 3.63) is 12.2 Å². The van der Waals surface area contributed by atoms with Crippen LogP contribution >= 0.6 is 0 Å². The van der Waals surface area contributed by atoms with Gasteiger partial charge in [-0.05, 0) is 13.6 Å². The molecule has 0 aromatic carbocycles. The molecular weight excluding hydrogens is 124 g/mol. The Morgan fingerprint density at radius 1 is 1.70 bits per heavy atom. The maximum Gasteiger partial charge on any atom is 0.0376 e. The number of nitrogens with zero attached hydrogens (tertiary/aromatic N) is 1. The van der Waals surface area contributed by atoms with E-state index in [9.17, 15) is 0 Å². The first-order chi connectivity index (χ1) is 4.86. The molecule has 0 saturated carbocycles. The first-order valence-electron chi connectivity index (χ1n) is 3.93. The summed E-state index contributed by atoms with van der Waals surface area (Å²) in [6.45, 7) is 5.63. The summed E-state index contributed by atoms with van der Waals surface area (Å²) < 4.78 is 0. The molecule has 0 spiro atoms. The van der Waals surface area contributed by atoms with Crippen LogP contribution in [0.2, 0.25) is 0 Å². The summed E-state index contributed by atoms with van der Waals surface area (Å²) in [5.74, 6) is 0. The predicted molar refractivity (Wildman–Crippen MR) is 44.1 cm³/mol. The van der Waals surface area contributed by atoms with E-state index in [4.69, 9.17) is 0 Å². The van der Waals surface area contributed by atoms with Crippen molar-refractivity contribution in [2.24, 2.45) is 0 Å². The number of nitrogens with one attached hydrogen (secondary N) is 1. The topological polar surface area (TPSA) is 15.3 Å². The van der Waals surface area contributed by atoms with E-state index in [2.05, 4.69) is 29.3 Å². The van der Waals surface area contributed by atoms with Gasteiger partial charge >= 0.3 is 0 Å². The van der Waals surface area contributed by atoms with Gasteiger partial charge in [0, 0.05) is 19.1 Å². The van der Waals surface area contributed by atoms with Crippen molar-refractivity contribution in [3.8, 4) is 0 Å². The van der Waals surface area contributed by atoms with Crippen LogP contribution in [0.3, 0.4) is 0 Å². The van der Waals surface area contributed by atoms with Crippen LogP contribution < -0.4 is 5.32 Å². The number of hydrogen-bond donors (Lipinski definition) is 1. The quantitative estimate of drug-likeness (QED) is 0.561. The third kappa shape index (κ3) is 1.82. The molecule has 0 saturated heterocycles.